The zero-order valence-electron chi connectivity index (χ0n) is 9.56. The predicted molar refractivity (Wildman–Crippen MR) is 63.1 cm³/mol. The highest BCUT2D eigenvalue weighted by atomic mass is 35.5. The van der Waals surface area contributed by atoms with Gasteiger partial charge in [0.2, 0.25) is 0 Å². The summed E-state index contributed by atoms with van der Waals surface area (Å²) in [5.41, 5.74) is 0.0103. The molecule has 1 fully saturated rings. The first kappa shape index (κ1) is 11.9. The molecule has 16 heavy (non-hydrogen) atoms. The fourth-order valence-electron chi connectivity index (χ4n) is 1.99. The lowest BCUT2D eigenvalue weighted by atomic mass is 9.82. The summed E-state index contributed by atoms with van der Waals surface area (Å²) in [6.45, 7) is 3.89. The molecule has 1 nitrogen and oxygen atoms in total. The monoisotopic (exact) mass is 242 g/mol. The van der Waals surface area contributed by atoms with E-state index in [2.05, 4.69) is 6.92 Å². The topological polar surface area (TPSA) is 20.2 Å². The van der Waals surface area contributed by atoms with Crippen LogP contribution in [0.2, 0.25) is 5.02 Å². The Labute approximate surface area is 100 Å². The summed E-state index contributed by atoms with van der Waals surface area (Å²) in [7, 11) is 0. The first-order valence-corrected chi connectivity index (χ1v) is 5.88. The molecular weight excluding hydrogens is 227 g/mol. The number of hydrogen-bond acceptors (Lipinski definition) is 1. The molecule has 1 aromatic carbocycles. The van der Waals surface area contributed by atoms with E-state index in [1.165, 1.54) is 12.1 Å². The molecule has 1 saturated carbocycles. The van der Waals surface area contributed by atoms with Crippen LogP contribution in [0, 0.1) is 11.2 Å². The van der Waals surface area contributed by atoms with Crippen molar-refractivity contribution in [3.05, 3.63) is 34.6 Å². The Balaban J connectivity index is 2.17. The Morgan fingerprint density at radius 2 is 2.12 bits per heavy atom. The van der Waals surface area contributed by atoms with Crippen molar-refractivity contribution in [2.24, 2.45) is 5.41 Å². The van der Waals surface area contributed by atoms with Crippen LogP contribution in [0.5, 0.6) is 0 Å². The van der Waals surface area contributed by atoms with Crippen LogP contribution in [0.1, 0.15) is 32.3 Å². The highest BCUT2D eigenvalue weighted by Gasteiger charge is 2.51. The molecule has 0 heterocycles. The molecule has 1 aliphatic carbocycles. The molecular formula is C13H16ClFO. The molecule has 0 saturated heterocycles. The third kappa shape index (κ3) is 2.09. The van der Waals surface area contributed by atoms with E-state index >= 15 is 0 Å². The third-order valence-electron chi connectivity index (χ3n) is 3.83. The average molecular weight is 243 g/mol. The molecule has 0 bridgehead atoms. The summed E-state index contributed by atoms with van der Waals surface area (Å²) in [5.74, 6) is -0.420. The average Bonchev–Trinajstić information content (AvgIpc) is 2.91. The predicted octanol–water partition coefficient (Wildman–Crippen LogP) is 3.57. The number of benzene rings is 1. The van der Waals surface area contributed by atoms with Crippen molar-refractivity contribution in [2.45, 2.75) is 38.7 Å². The lowest BCUT2D eigenvalue weighted by Gasteiger charge is -2.30. The van der Waals surface area contributed by atoms with E-state index in [0.717, 1.165) is 18.4 Å². The van der Waals surface area contributed by atoms with Gasteiger partial charge in [-0.1, -0.05) is 24.6 Å². The second-order valence-electron chi connectivity index (χ2n) is 5.26. The van der Waals surface area contributed by atoms with Gasteiger partial charge in [0, 0.05) is 6.42 Å². The maximum Gasteiger partial charge on any atom is 0.142 e. The van der Waals surface area contributed by atoms with Crippen LogP contribution in [-0.2, 0) is 6.42 Å². The molecule has 1 aliphatic rings. The summed E-state index contributed by atoms with van der Waals surface area (Å²) in [6.07, 6.45) is 2.55. The minimum absolute atomic E-state index is 0.0108. The minimum Gasteiger partial charge on any atom is -0.389 e. The summed E-state index contributed by atoms with van der Waals surface area (Å²) in [4.78, 5) is 0. The molecule has 1 unspecified atom stereocenters. The Kier molecular flexibility index (Phi) is 2.75. The van der Waals surface area contributed by atoms with Gasteiger partial charge < -0.3 is 5.11 Å². The number of halogens is 2. The van der Waals surface area contributed by atoms with E-state index in [1.54, 1.807) is 6.07 Å². The lowest BCUT2D eigenvalue weighted by Crippen LogP contribution is -2.36. The van der Waals surface area contributed by atoms with Crippen LogP contribution in [0.15, 0.2) is 18.2 Å². The van der Waals surface area contributed by atoms with Gasteiger partial charge in [0.05, 0.1) is 10.6 Å². The SMILES string of the molecule is CC(O)(Cc1ccc(Cl)c(F)c1)C1(C)CC1. The van der Waals surface area contributed by atoms with Gasteiger partial charge in [-0.05, 0) is 42.9 Å². The van der Waals surface area contributed by atoms with Crippen molar-refractivity contribution in [1.82, 2.24) is 0 Å². The van der Waals surface area contributed by atoms with Crippen LogP contribution < -0.4 is 0 Å². The number of hydrogen-bond donors (Lipinski definition) is 1. The van der Waals surface area contributed by atoms with Gasteiger partial charge in [-0.25, -0.2) is 4.39 Å². The highest BCUT2D eigenvalue weighted by Crippen LogP contribution is 2.54. The van der Waals surface area contributed by atoms with Crippen LogP contribution in [-0.4, -0.2) is 10.7 Å². The normalized spacial score (nSPS) is 21.6. The van der Waals surface area contributed by atoms with E-state index in [-0.39, 0.29) is 10.4 Å². The smallest absolute Gasteiger partial charge is 0.142 e. The molecule has 0 spiro atoms. The van der Waals surface area contributed by atoms with Crippen molar-refractivity contribution in [1.29, 1.82) is 0 Å². The Hall–Kier alpha value is -0.600. The van der Waals surface area contributed by atoms with Crippen LogP contribution in [0.3, 0.4) is 0 Å². The summed E-state index contributed by atoms with van der Waals surface area (Å²) in [6, 6.07) is 4.71. The van der Waals surface area contributed by atoms with E-state index in [9.17, 15) is 9.50 Å². The van der Waals surface area contributed by atoms with Gasteiger partial charge in [-0.15, -0.1) is 0 Å². The van der Waals surface area contributed by atoms with E-state index in [0.29, 0.717) is 6.42 Å². The molecule has 0 aromatic heterocycles. The first-order valence-electron chi connectivity index (χ1n) is 5.50. The zero-order chi connectivity index (χ0) is 12.0. The largest absolute Gasteiger partial charge is 0.389 e. The van der Waals surface area contributed by atoms with E-state index < -0.39 is 11.4 Å². The zero-order valence-corrected chi connectivity index (χ0v) is 10.3. The fraction of sp³-hybridized carbons (Fsp3) is 0.538. The van der Waals surface area contributed by atoms with E-state index in [4.69, 9.17) is 11.6 Å². The van der Waals surface area contributed by atoms with Crippen molar-refractivity contribution >= 4 is 11.6 Å². The quantitative estimate of drug-likeness (QED) is 0.859. The van der Waals surface area contributed by atoms with Gasteiger partial charge in [-0.3, -0.25) is 0 Å². The molecule has 0 aliphatic heterocycles. The van der Waals surface area contributed by atoms with Gasteiger partial charge in [-0.2, -0.15) is 0 Å². The highest BCUT2D eigenvalue weighted by molar-refractivity contribution is 6.30. The van der Waals surface area contributed by atoms with Crippen molar-refractivity contribution < 1.29 is 9.50 Å². The Morgan fingerprint density at radius 3 is 2.62 bits per heavy atom. The maximum absolute atomic E-state index is 13.3. The van der Waals surface area contributed by atoms with Crippen LogP contribution >= 0.6 is 11.6 Å². The molecule has 88 valence electrons. The van der Waals surface area contributed by atoms with Crippen molar-refractivity contribution in [3.63, 3.8) is 0 Å². The van der Waals surface area contributed by atoms with Gasteiger partial charge in [0.15, 0.2) is 0 Å². The summed E-state index contributed by atoms with van der Waals surface area (Å²) < 4.78 is 13.3. The van der Waals surface area contributed by atoms with Gasteiger partial charge in [0.1, 0.15) is 5.82 Å². The second kappa shape index (κ2) is 3.71. The van der Waals surface area contributed by atoms with Gasteiger partial charge in [0.25, 0.3) is 0 Å². The Bertz CT molecular complexity index is 410. The number of rotatable bonds is 3. The molecule has 1 atom stereocenters. The molecule has 0 radical (unpaired) electrons. The van der Waals surface area contributed by atoms with Crippen LogP contribution in [0.4, 0.5) is 4.39 Å². The first-order chi connectivity index (χ1) is 7.34. The third-order valence-corrected chi connectivity index (χ3v) is 4.14. The molecule has 0 amide bonds. The molecule has 1 aromatic rings. The lowest BCUT2D eigenvalue weighted by molar-refractivity contribution is -0.00706. The van der Waals surface area contributed by atoms with Crippen LogP contribution in [0.25, 0.3) is 0 Å². The van der Waals surface area contributed by atoms with E-state index in [1.807, 2.05) is 6.92 Å². The minimum atomic E-state index is -0.771. The number of aliphatic hydroxyl groups is 1. The van der Waals surface area contributed by atoms with Gasteiger partial charge >= 0.3 is 0 Å². The van der Waals surface area contributed by atoms with Crippen molar-refractivity contribution in [3.8, 4) is 0 Å². The molecule has 1 N–H and O–H groups in total. The molecule has 2 rings (SSSR count). The second-order valence-corrected chi connectivity index (χ2v) is 5.67. The summed E-state index contributed by atoms with van der Waals surface area (Å²) in [5, 5.41) is 10.5. The maximum atomic E-state index is 13.3. The standard InChI is InChI=1S/C13H16ClFO/c1-12(5-6-12)13(2,16)8-9-3-4-10(14)11(15)7-9/h3-4,7,16H,5-6,8H2,1-2H3. The summed E-state index contributed by atoms with van der Waals surface area (Å²) >= 11 is 5.62. The fourth-order valence-corrected chi connectivity index (χ4v) is 2.10. The molecule has 3 heteroatoms. The van der Waals surface area contributed by atoms with Crippen molar-refractivity contribution in [2.75, 3.05) is 0 Å². The Morgan fingerprint density at radius 1 is 1.50 bits per heavy atom.